The zero-order valence-electron chi connectivity index (χ0n) is 15.7. The number of halogens is 1. The molecule has 0 bridgehead atoms. The minimum absolute atomic E-state index is 0.00919. The van der Waals surface area contributed by atoms with Crippen LogP contribution in [0, 0.1) is 19.7 Å². The Morgan fingerprint density at radius 2 is 2.07 bits per heavy atom. The molecule has 0 saturated carbocycles. The molecule has 0 saturated heterocycles. The first-order chi connectivity index (χ1) is 13.3. The number of aromatic nitrogens is 4. The molecule has 0 fully saturated rings. The van der Waals surface area contributed by atoms with Gasteiger partial charge in [0.2, 0.25) is 5.91 Å². The minimum atomic E-state index is -1.11. The summed E-state index contributed by atoms with van der Waals surface area (Å²) in [5, 5.41) is 20.2. The van der Waals surface area contributed by atoms with Crippen molar-refractivity contribution in [3.05, 3.63) is 65.0 Å². The monoisotopic (exact) mass is 385 g/mol. The number of hydrogen-bond donors (Lipinski definition) is 2. The van der Waals surface area contributed by atoms with Crippen molar-refractivity contribution in [1.29, 1.82) is 0 Å². The van der Waals surface area contributed by atoms with Crippen LogP contribution in [0.3, 0.4) is 0 Å². The Bertz CT molecular complexity index is 1040. The maximum absolute atomic E-state index is 13.4. The van der Waals surface area contributed by atoms with Crippen LogP contribution in [-0.2, 0) is 11.3 Å². The molecule has 3 aromatic rings. The Hall–Kier alpha value is -3.49. The topological polar surface area (TPSA) is 102 Å². The average Bonchev–Trinajstić information content (AvgIpc) is 3.23. The molecular formula is C19H20FN5O3. The van der Waals surface area contributed by atoms with Crippen molar-refractivity contribution >= 4 is 17.6 Å². The highest BCUT2D eigenvalue weighted by Crippen LogP contribution is 2.22. The lowest BCUT2D eigenvalue weighted by atomic mass is 10.2. The number of nitrogens with one attached hydrogen (secondary N) is 1. The summed E-state index contributed by atoms with van der Waals surface area (Å²) in [6.07, 6.45) is 2.50. The van der Waals surface area contributed by atoms with Crippen LogP contribution < -0.4 is 5.32 Å². The van der Waals surface area contributed by atoms with E-state index in [0.717, 1.165) is 11.3 Å². The molecular weight excluding hydrogens is 365 g/mol. The van der Waals surface area contributed by atoms with E-state index in [9.17, 15) is 14.0 Å². The van der Waals surface area contributed by atoms with Crippen LogP contribution in [0.2, 0.25) is 0 Å². The third kappa shape index (κ3) is 3.93. The fraction of sp³-hybridized carbons (Fsp3) is 0.263. The Kier molecular flexibility index (Phi) is 5.25. The fourth-order valence-electron chi connectivity index (χ4n) is 2.85. The van der Waals surface area contributed by atoms with E-state index in [0.29, 0.717) is 17.9 Å². The molecule has 0 spiro atoms. The summed E-state index contributed by atoms with van der Waals surface area (Å²) in [6, 6.07) is 5.55. The van der Waals surface area contributed by atoms with E-state index in [2.05, 4.69) is 15.5 Å². The fourth-order valence-corrected chi connectivity index (χ4v) is 2.85. The lowest BCUT2D eigenvalue weighted by Gasteiger charge is -2.13. The Morgan fingerprint density at radius 1 is 1.32 bits per heavy atom. The summed E-state index contributed by atoms with van der Waals surface area (Å²) in [7, 11) is 0. The van der Waals surface area contributed by atoms with E-state index in [4.69, 9.17) is 5.11 Å². The molecule has 0 aliphatic heterocycles. The molecule has 1 amide bonds. The van der Waals surface area contributed by atoms with Gasteiger partial charge in [-0.05, 0) is 38.5 Å². The van der Waals surface area contributed by atoms with Gasteiger partial charge in [0.25, 0.3) is 0 Å². The standard InChI is InChI=1S/C19H20FN5O3/c1-11-17(12(2)25(23-11)9-14-5-4-6-16(20)7-14)22-18(26)13(3)24-10-15(8-21-24)19(27)28/h4-8,10,13H,9H2,1-3H3,(H,22,26)(H,27,28). The Labute approximate surface area is 160 Å². The van der Waals surface area contributed by atoms with Crippen LogP contribution in [0.5, 0.6) is 0 Å². The summed E-state index contributed by atoms with van der Waals surface area (Å²) < 4.78 is 16.4. The van der Waals surface area contributed by atoms with Gasteiger partial charge in [0.1, 0.15) is 11.9 Å². The number of nitrogens with zero attached hydrogens (tertiary/aromatic N) is 4. The average molecular weight is 385 g/mol. The summed E-state index contributed by atoms with van der Waals surface area (Å²) >= 11 is 0. The number of aryl methyl sites for hydroxylation is 1. The van der Waals surface area contributed by atoms with Gasteiger partial charge in [-0.1, -0.05) is 12.1 Å². The molecule has 2 N–H and O–H groups in total. The molecule has 2 heterocycles. The number of anilines is 1. The van der Waals surface area contributed by atoms with Crippen LogP contribution in [0.1, 0.15) is 40.3 Å². The number of amides is 1. The van der Waals surface area contributed by atoms with Gasteiger partial charge in [0.05, 0.1) is 35.4 Å². The second-order valence-corrected chi connectivity index (χ2v) is 6.51. The quantitative estimate of drug-likeness (QED) is 0.679. The van der Waals surface area contributed by atoms with E-state index in [1.54, 1.807) is 30.7 Å². The summed E-state index contributed by atoms with van der Waals surface area (Å²) in [6.45, 7) is 5.58. The molecule has 1 atom stereocenters. The molecule has 2 aromatic heterocycles. The molecule has 0 aliphatic rings. The van der Waals surface area contributed by atoms with Gasteiger partial charge < -0.3 is 10.4 Å². The Morgan fingerprint density at radius 3 is 2.71 bits per heavy atom. The van der Waals surface area contributed by atoms with Crippen LogP contribution >= 0.6 is 0 Å². The van der Waals surface area contributed by atoms with Gasteiger partial charge >= 0.3 is 5.97 Å². The van der Waals surface area contributed by atoms with Crippen molar-refractivity contribution in [1.82, 2.24) is 19.6 Å². The molecule has 1 unspecified atom stereocenters. The normalized spacial score (nSPS) is 12.0. The summed E-state index contributed by atoms with van der Waals surface area (Å²) in [5.41, 5.74) is 2.69. The number of benzene rings is 1. The lowest BCUT2D eigenvalue weighted by molar-refractivity contribution is -0.119. The molecule has 28 heavy (non-hydrogen) atoms. The van der Waals surface area contributed by atoms with E-state index >= 15 is 0 Å². The van der Waals surface area contributed by atoms with E-state index in [1.165, 1.54) is 29.2 Å². The van der Waals surface area contributed by atoms with Crippen LogP contribution in [0.15, 0.2) is 36.7 Å². The molecule has 3 rings (SSSR count). The number of carboxylic acid groups (broad SMARTS) is 1. The highest BCUT2D eigenvalue weighted by Gasteiger charge is 2.21. The summed E-state index contributed by atoms with van der Waals surface area (Å²) in [4.78, 5) is 23.6. The SMILES string of the molecule is Cc1nn(Cc2cccc(F)c2)c(C)c1NC(=O)C(C)n1cc(C(=O)O)cn1. The predicted octanol–water partition coefficient (Wildman–Crippen LogP) is 2.78. The van der Waals surface area contributed by atoms with Gasteiger partial charge in [0, 0.05) is 6.20 Å². The van der Waals surface area contributed by atoms with Crippen molar-refractivity contribution in [3.8, 4) is 0 Å². The van der Waals surface area contributed by atoms with E-state index in [1.807, 2.05) is 6.92 Å². The van der Waals surface area contributed by atoms with Gasteiger partial charge in [-0.15, -0.1) is 0 Å². The molecule has 0 aliphatic carbocycles. The second-order valence-electron chi connectivity index (χ2n) is 6.51. The predicted molar refractivity (Wildman–Crippen MR) is 99.7 cm³/mol. The van der Waals surface area contributed by atoms with Crippen molar-refractivity contribution in [2.45, 2.75) is 33.4 Å². The third-order valence-corrected chi connectivity index (χ3v) is 4.48. The van der Waals surface area contributed by atoms with Crippen LogP contribution in [-0.4, -0.2) is 36.5 Å². The molecule has 0 radical (unpaired) electrons. The van der Waals surface area contributed by atoms with Gasteiger partial charge in [-0.2, -0.15) is 10.2 Å². The van der Waals surface area contributed by atoms with Crippen molar-refractivity contribution in [3.63, 3.8) is 0 Å². The first-order valence-corrected chi connectivity index (χ1v) is 8.63. The third-order valence-electron chi connectivity index (χ3n) is 4.48. The number of rotatable bonds is 6. The van der Waals surface area contributed by atoms with E-state index < -0.39 is 12.0 Å². The highest BCUT2D eigenvalue weighted by atomic mass is 19.1. The molecule has 1 aromatic carbocycles. The van der Waals surface area contributed by atoms with E-state index in [-0.39, 0.29) is 17.3 Å². The van der Waals surface area contributed by atoms with Crippen molar-refractivity contribution in [2.24, 2.45) is 0 Å². The largest absolute Gasteiger partial charge is 0.478 e. The molecule has 146 valence electrons. The zero-order chi connectivity index (χ0) is 20.4. The van der Waals surface area contributed by atoms with Crippen molar-refractivity contribution < 1.29 is 19.1 Å². The van der Waals surface area contributed by atoms with Crippen LogP contribution in [0.4, 0.5) is 10.1 Å². The number of carbonyl (C=O) groups excluding carboxylic acids is 1. The minimum Gasteiger partial charge on any atom is -0.478 e. The number of aromatic carboxylic acids is 1. The number of carbonyl (C=O) groups is 2. The van der Waals surface area contributed by atoms with Gasteiger partial charge in [-0.25, -0.2) is 9.18 Å². The van der Waals surface area contributed by atoms with Gasteiger partial charge in [0.15, 0.2) is 0 Å². The first-order valence-electron chi connectivity index (χ1n) is 8.63. The van der Waals surface area contributed by atoms with Crippen molar-refractivity contribution in [2.75, 3.05) is 5.32 Å². The van der Waals surface area contributed by atoms with Crippen LogP contribution in [0.25, 0.3) is 0 Å². The lowest BCUT2D eigenvalue weighted by Crippen LogP contribution is -2.24. The maximum Gasteiger partial charge on any atom is 0.338 e. The summed E-state index contributed by atoms with van der Waals surface area (Å²) in [5.74, 6) is -1.78. The smallest absolute Gasteiger partial charge is 0.338 e. The van der Waals surface area contributed by atoms with Gasteiger partial charge in [-0.3, -0.25) is 14.2 Å². The molecule has 8 nitrogen and oxygen atoms in total. The number of hydrogen-bond acceptors (Lipinski definition) is 4. The highest BCUT2D eigenvalue weighted by molar-refractivity contribution is 5.94. The number of carboxylic acids is 1. The zero-order valence-corrected chi connectivity index (χ0v) is 15.7. The molecule has 9 heteroatoms. The maximum atomic E-state index is 13.4. The Balaban J connectivity index is 1.77. The second kappa shape index (κ2) is 7.63. The first kappa shape index (κ1) is 19.3.